The predicted octanol–water partition coefficient (Wildman–Crippen LogP) is 5.10. The van der Waals surface area contributed by atoms with E-state index in [1.807, 2.05) is 56.6 Å². The zero-order valence-electron chi connectivity index (χ0n) is 21.4. The molecule has 4 heterocycles. The number of fused-ring (bicyclic) bond motifs is 1. The third-order valence-corrected chi connectivity index (χ3v) is 6.97. The fourth-order valence-corrected chi connectivity index (χ4v) is 4.78. The molecule has 1 aromatic carbocycles. The van der Waals surface area contributed by atoms with Crippen molar-refractivity contribution in [2.24, 2.45) is 14.1 Å². The van der Waals surface area contributed by atoms with Crippen molar-refractivity contribution in [1.29, 1.82) is 0 Å². The van der Waals surface area contributed by atoms with Gasteiger partial charge in [0.15, 0.2) is 0 Å². The van der Waals surface area contributed by atoms with E-state index in [0.717, 1.165) is 67.1 Å². The number of aryl methyl sites for hydroxylation is 4. The number of carbonyl (C=O) groups excluding carboxylic acids is 1. The Labute approximate surface area is 209 Å². The molecule has 0 radical (unpaired) electrons. The first-order valence-corrected chi connectivity index (χ1v) is 11.7. The Bertz CT molecular complexity index is 1650. The van der Waals surface area contributed by atoms with Crippen molar-refractivity contribution in [3.8, 4) is 33.5 Å². The summed E-state index contributed by atoms with van der Waals surface area (Å²) in [5.41, 5.74) is 10.8. The number of carbonyl (C=O) groups is 1. The van der Waals surface area contributed by atoms with Gasteiger partial charge in [-0.3, -0.25) is 14.2 Å². The van der Waals surface area contributed by atoms with Crippen molar-refractivity contribution in [1.82, 2.24) is 29.5 Å². The summed E-state index contributed by atoms with van der Waals surface area (Å²) >= 11 is 0. The maximum absolute atomic E-state index is 12.4. The molecule has 0 spiro atoms. The largest absolute Gasteiger partial charge is 0.339 e. The molecule has 0 unspecified atom stereocenters. The van der Waals surface area contributed by atoms with E-state index in [0.29, 0.717) is 0 Å². The van der Waals surface area contributed by atoms with Gasteiger partial charge in [-0.15, -0.1) is 0 Å². The molecular formula is C28H29N7O. The summed E-state index contributed by atoms with van der Waals surface area (Å²) in [4.78, 5) is 22.4. The van der Waals surface area contributed by atoms with E-state index in [1.54, 1.807) is 16.6 Å². The van der Waals surface area contributed by atoms with Gasteiger partial charge in [-0.25, -0.2) is 4.98 Å². The molecule has 182 valence electrons. The number of nitrogens with one attached hydrogen (secondary N) is 1. The molecule has 8 heteroatoms. The number of pyridine rings is 1. The number of hydrogen-bond donors (Lipinski definition) is 1. The van der Waals surface area contributed by atoms with Crippen LogP contribution in [-0.2, 0) is 18.9 Å². The number of anilines is 1. The molecule has 0 aliphatic rings. The number of benzene rings is 1. The van der Waals surface area contributed by atoms with E-state index in [9.17, 15) is 4.79 Å². The third kappa shape index (κ3) is 3.62. The number of rotatable bonds is 5. The molecule has 0 atom stereocenters. The lowest BCUT2D eigenvalue weighted by Gasteiger charge is -2.19. The molecule has 0 fully saturated rings. The Morgan fingerprint density at radius 3 is 2.47 bits per heavy atom. The number of nitrogens with zero attached hydrogens (tertiary/aromatic N) is 6. The molecule has 36 heavy (non-hydrogen) atoms. The standard InChI is InChI=1S/C28H29N7O/c1-8-24(36)34(6)23-11-19(10-9-16(23)2)26-25-17(3)21(22-14-31-35(7)18(22)4)13-29-28(25)32-27(26)20-12-30-33(5)15-20/h8-15H,1H2,2-7H3,(H,29,32). The lowest BCUT2D eigenvalue weighted by molar-refractivity contribution is -0.113. The molecule has 0 aliphatic carbocycles. The number of hydrogen-bond acceptors (Lipinski definition) is 4. The van der Waals surface area contributed by atoms with Crippen molar-refractivity contribution in [3.63, 3.8) is 0 Å². The fraction of sp³-hybridized carbons (Fsp3) is 0.214. The van der Waals surface area contributed by atoms with Crippen LogP contribution in [0.1, 0.15) is 16.8 Å². The molecule has 0 aliphatic heterocycles. The van der Waals surface area contributed by atoms with Crippen LogP contribution in [0, 0.1) is 20.8 Å². The third-order valence-electron chi connectivity index (χ3n) is 6.97. The first kappa shape index (κ1) is 23.3. The van der Waals surface area contributed by atoms with E-state index < -0.39 is 0 Å². The second-order valence-corrected chi connectivity index (χ2v) is 9.17. The van der Waals surface area contributed by atoms with E-state index in [1.165, 1.54) is 6.08 Å². The summed E-state index contributed by atoms with van der Waals surface area (Å²) in [7, 11) is 5.61. The minimum absolute atomic E-state index is 0.158. The molecule has 0 saturated heterocycles. The number of aromatic nitrogens is 6. The SMILES string of the molecule is C=CC(=O)N(C)c1cc(-c2c(-c3cnn(C)c3)[nH]c3ncc(-c4cnn(C)c4C)c(C)c23)ccc1C. The molecule has 0 saturated carbocycles. The smallest absolute Gasteiger partial charge is 0.250 e. The van der Waals surface area contributed by atoms with Crippen LogP contribution in [0.15, 0.2) is 55.6 Å². The first-order chi connectivity index (χ1) is 17.2. The van der Waals surface area contributed by atoms with Crippen LogP contribution >= 0.6 is 0 Å². The highest BCUT2D eigenvalue weighted by Gasteiger charge is 2.23. The van der Waals surface area contributed by atoms with Crippen molar-refractivity contribution >= 4 is 22.6 Å². The zero-order chi connectivity index (χ0) is 25.7. The second kappa shape index (κ2) is 8.64. The predicted molar refractivity (Wildman–Crippen MR) is 144 cm³/mol. The average molecular weight is 480 g/mol. The number of aromatic amines is 1. The van der Waals surface area contributed by atoms with Gasteiger partial charge in [0.1, 0.15) is 5.65 Å². The van der Waals surface area contributed by atoms with Crippen molar-refractivity contribution < 1.29 is 4.79 Å². The monoisotopic (exact) mass is 479 g/mol. The maximum Gasteiger partial charge on any atom is 0.250 e. The highest BCUT2D eigenvalue weighted by atomic mass is 16.2. The summed E-state index contributed by atoms with van der Waals surface area (Å²) in [6, 6.07) is 6.19. The number of amides is 1. The molecule has 5 rings (SSSR count). The summed E-state index contributed by atoms with van der Waals surface area (Å²) in [5, 5.41) is 9.86. The van der Waals surface area contributed by atoms with Gasteiger partial charge in [0.05, 0.1) is 18.1 Å². The lowest BCUT2D eigenvalue weighted by atomic mass is 9.93. The maximum atomic E-state index is 12.4. The normalized spacial score (nSPS) is 11.3. The molecule has 0 bridgehead atoms. The van der Waals surface area contributed by atoms with Crippen molar-refractivity contribution in [2.45, 2.75) is 20.8 Å². The fourth-order valence-electron chi connectivity index (χ4n) is 4.78. The van der Waals surface area contributed by atoms with Gasteiger partial charge in [-0.05, 0) is 49.6 Å². The van der Waals surface area contributed by atoms with Crippen LogP contribution in [0.5, 0.6) is 0 Å². The lowest BCUT2D eigenvalue weighted by Crippen LogP contribution is -2.24. The minimum atomic E-state index is -0.158. The number of likely N-dealkylation sites (N-methyl/N-ethyl adjacent to an activating group) is 1. The molecule has 1 N–H and O–H groups in total. The van der Waals surface area contributed by atoms with E-state index in [4.69, 9.17) is 4.98 Å². The van der Waals surface area contributed by atoms with Gasteiger partial charge >= 0.3 is 0 Å². The van der Waals surface area contributed by atoms with Crippen LogP contribution in [0.25, 0.3) is 44.5 Å². The zero-order valence-corrected chi connectivity index (χ0v) is 21.4. The Hall–Kier alpha value is -4.46. The van der Waals surface area contributed by atoms with Crippen LogP contribution < -0.4 is 4.90 Å². The van der Waals surface area contributed by atoms with Crippen molar-refractivity contribution in [3.05, 3.63) is 72.5 Å². The Morgan fingerprint density at radius 1 is 1.06 bits per heavy atom. The Morgan fingerprint density at radius 2 is 1.83 bits per heavy atom. The highest BCUT2D eigenvalue weighted by Crippen LogP contribution is 2.43. The number of H-pyrrole nitrogens is 1. The van der Waals surface area contributed by atoms with Gasteiger partial charge in [0.2, 0.25) is 5.91 Å². The molecule has 1 amide bonds. The second-order valence-electron chi connectivity index (χ2n) is 9.17. The van der Waals surface area contributed by atoms with Crippen LogP contribution in [0.2, 0.25) is 0 Å². The van der Waals surface area contributed by atoms with Crippen molar-refractivity contribution in [2.75, 3.05) is 11.9 Å². The topological polar surface area (TPSA) is 84.6 Å². The Balaban J connectivity index is 1.83. The van der Waals surface area contributed by atoms with E-state index in [2.05, 4.69) is 47.7 Å². The van der Waals surface area contributed by atoms with E-state index in [-0.39, 0.29) is 5.91 Å². The van der Waals surface area contributed by atoms with Gasteiger partial charge in [0, 0.05) is 72.6 Å². The van der Waals surface area contributed by atoms with Gasteiger partial charge in [-0.2, -0.15) is 10.2 Å². The van der Waals surface area contributed by atoms with Gasteiger partial charge in [-0.1, -0.05) is 18.7 Å². The molecule has 5 aromatic rings. The quantitative estimate of drug-likeness (QED) is 0.355. The summed E-state index contributed by atoms with van der Waals surface area (Å²) < 4.78 is 3.66. The summed E-state index contributed by atoms with van der Waals surface area (Å²) in [6.07, 6.45) is 8.96. The van der Waals surface area contributed by atoms with Crippen LogP contribution in [-0.4, -0.2) is 42.5 Å². The molecule has 4 aromatic heterocycles. The average Bonchev–Trinajstić information content (AvgIpc) is 3.56. The van der Waals surface area contributed by atoms with Gasteiger partial charge in [0.25, 0.3) is 0 Å². The molecular weight excluding hydrogens is 450 g/mol. The highest BCUT2D eigenvalue weighted by molar-refractivity contribution is 6.07. The first-order valence-electron chi connectivity index (χ1n) is 11.7. The summed E-state index contributed by atoms with van der Waals surface area (Å²) in [6.45, 7) is 9.83. The summed E-state index contributed by atoms with van der Waals surface area (Å²) in [5.74, 6) is -0.158. The van der Waals surface area contributed by atoms with Gasteiger partial charge < -0.3 is 9.88 Å². The molecule has 8 nitrogen and oxygen atoms in total. The minimum Gasteiger partial charge on any atom is -0.339 e. The Kier molecular flexibility index (Phi) is 5.59. The van der Waals surface area contributed by atoms with Crippen LogP contribution in [0.3, 0.4) is 0 Å². The van der Waals surface area contributed by atoms with Crippen LogP contribution in [0.4, 0.5) is 5.69 Å². The van der Waals surface area contributed by atoms with E-state index >= 15 is 0 Å².